The molecule has 0 aromatic carbocycles. The first kappa shape index (κ1) is 12.9. The van der Waals surface area contributed by atoms with Gasteiger partial charge in [0.2, 0.25) is 0 Å². The third kappa shape index (κ3) is 2.00. The minimum atomic E-state index is -0.243. The molecule has 1 saturated heterocycles. The zero-order chi connectivity index (χ0) is 12.6. The topological polar surface area (TPSA) is 27.7 Å². The van der Waals surface area contributed by atoms with E-state index in [0.29, 0.717) is 17.4 Å². The first-order chi connectivity index (χ1) is 8.69. The first-order valence-electron chi connectivity index (χ1n) is 7.49. The van der Waals surface area contributed by atoms with Crippen molar-refractivity contribution in [3.63, 3.8) is 0 Å². The number of methoxy groups -OCH3 is 1. The second-order valence-electron chi connectivity index (χ2n) is 6.52. The van der Waals surface area contributed by atoms with Crippen LogP contribution in [0.15, 0.2) is 0 Å². The Hall–Kier alpha value is -0.120. The summed E-state index contributed by atoms with van der Waals surface area (Å²) < 4.78 is 17.7. The van der Waals surface area contributed by atoms with Gasteiger partial charge in [-0.3, -0.25) is 0 Å². The smallest absolute Gasteiger partial charge is 0.168 e. The summed E-state index contributed by atoms with van der Waals surface area (Å²) in [6.07, 6.45) is 8.88. The predicted molar refractivity (Wildman–Crippen MR) is 69.3 cm³/mol. The van der Waals surface area contributed by atoms with Crippen molar-refractivity contribution in [3.8, 4) is 0 Å². The summed E-state index contributed by atoms with van der Waals surface area (Å²) in [7, 11) is 1.88. The van der Waals surface area contributed by atoms with Crippen molar-refractivity contribution in [3.05, 3.63) is 0 Å². The van der Waals surface area contributed by atoms with Gasteiger partial charge >= 0.3 is 0 Å². The lowest BCUT2D eigenvalue weighted by Crippen LogP contribution is -2.49. The Labute approximate surface area is 110 Å². The summed E-state index contributed by atoms with van der Waals surface area (Å²) >= 11 is 0. The van der Waals surface area contributed by atoms with Crippen molar-refractivity contribution in [1.82, 2.24) is 0 Å². The van der Waals surface area contributed by atoms with Crippen molar-refractivity contribution in [1.29, 1.82) is 0 Å². The third-order valence-electron chi connectivity index (χ3n) is 5.64. The molecule has 1 spiro atoms. The lowest BCUT2D eigenvalue weighted by atomic mass is 9.62. The highest BCUT2D eigenvalue weighted by molar-refractivity contribution is 4.99. The molecule has 2 saturated carbocycles. The summed E-state index contributed by atoms with van der Waals surface area (Å²) in [5, 5.41) is 0. The largest absolute Gasteiger partial charge is 0.381 e. The maximum atomic E-state index is 5.92. The quantitative estimate of drug-likeness (QED) is 0.719. The van der Waals surface area contributed by atoms with Crippen LogP contribution < -0.4 is 0 Å². The molecule has 0 bridgehead atoms. The van der Waals surface area contributed by atoms with Gasteiger partial charge in [-0.15, -0.1) is 0 Å². The van der Waals surface area contributed by atoms with E-state index in [-0.39, 0.29) is 5.79 Å². The normalized spacial score (nSPS) is 43.7. The van der Waals surface area contributed by atoms with Crippen molar-refractivity contribution >= 4 is 0 Å². The predicted octanol–water partition coefficient (Wildman–Crippen LogP) is 3.12. The molecule has 1 aliphatic heterocycles. The number of fused-ring (bicyclic) bond motifs is 1. The molecule has 0 N–H and O–H groups in total. The van der Waals surface area contributed by atoms with Gasteiger partial charge in [0.25, 0.3) is 0 Å². The average molecular weight is 254 g/mol. The van der Waals surface area contributed by atoms with Gasteiger partial charge in [0.05, 0.1) is 19.3 Å². The molecule has 3 aliphatic rings. The molecule has 2 aliphatic carbocycles. The van der Waals surface area contributed by atoms with E-state index in [1.54, 1.807) is 0 Å². The van der Waals surface area contributed by atoms with Crippen LogP contribution in [-0.4, -0.2) is 32.2 Å². The molecule has 1 heterocycles. The van der Waals surface area contributed by atoms with Gasteiger partial charge in [-0.25, -0.2) is 0 Å². The molecule has 0 radical (unpaired) electrons. The minimum absolute atomic E-state index is 0.243. The van der Waals surface area contributed by atoms with Crippen LogP contribution in [0.5, 0.6) is 0 Å². The summed E-state index contributed by atoms with van der Waals surface area (Å²) in [6, 6.07) is 0. The molecule has 3 atom stereocenters. The van der Waals surface area contributed by atoms with E-state index in [9.17, 15) is 0 Å². The summed E-state index contributed by atoms with van der Waals surface area (Å²) in [5.41, 5.74) is 0.325. The lowest BCUT2D eigenvalue weighted by Gasteiger charge is -2.50. The summed E-state index contributed by atoms with van der Waals surface area (Å²) in [6.45, 7) is 3.98. The van der Waals surface area contributed by atoms with Crippen LogP contribution in [-0.2, 0) is 14.2 Å². The van der Waals surface area contributed by atoms with Gasteiger partial charge in [0, 0.05) is 20.0 Å². The van der Waals surface area contributed by atoms with Gasteiger partial charge in [-0.2, -0.15) is 0 Å². The van der Waals surface area contributed by atoms with Crippen LogP contribution in [0.3, 0.4) is 0 Å². The van der Waals surface area contributed by atoms with E-state index >= 15 is 0 Å². The van der Waals surface area contributed by atoms with Gasteiger partial charge in [-0.1, -0.05) is 19.8 Å². The molecule has 0 aromatic rings. The molecule has 3 rings (SSSR count). The van der Waals surface area contributed by atoms with Crippen LogP contribution in [0.4, 0.5) is 0 Å². The van der Waals surface area contributed by atoms with Crippen molar-refractivity contribution in [2.45, 2.75) is 63.8 Å². The van der Waals surface area contributed by atoms with Crippen LogP contribution in [0.1, 0.15) is 51.9 Å². The fourth-order valence-electron chi connectivity index (χ4n) is 4.43. The minimum Gasteiger partial charge on any atom is -0.381 e. The molecule has 0 amide bonds. The maximum absolute atomic E-state index is 5.92. The maximum Gasteiger partial charge on any atom is 0.168 e. The molecule has 18 heavy (non-hydrogen) atoms. The SMILES string of the molecule is CO[C@@H]1CCCC[C@@H]2CC3(CC[C@@]21C)OCCO3. The van der Waals surface area contributed by atoms with Crippen LogP contribution in [0.2, 0.25) is 0 Å². The van der Waals surface area contributed by atoms with Gasteiger partial charge < -0.3 is 14.2 Å². The molecule has 104 valence electrons. The Kier molecular flexibility index (Phi) is 3.41. The van der Waals surface area contributed by atoms with Crippen LogP contribution in [0, 0.1) is 11.3 Å². The Morgan fingerprint density at radius 1 is 1.06 bits per heavy atom. The summed E-state index contributed by atoms with van der Waals surface area (Å²) in [4.78, 5) is 0. The van der Waals surface area contributed by atoms with Gasteiger partial charge in [0.15, 0.2) is 5.79 Å². The highest BCUT2D eigenvalue weighted by Crippen LogP contribution is 2.54. The fourth-order valence-corrected chi connectivity index (χ4v) is 4.43. The lowest BCUT2D eigenvalue weighted by molar-refractivity contribution is -0.218. The highest BCUT2D eigenvalue weighted by atomic mass is 16.7. The van der Waals surface area contributed by atoms with Crippen molar-refractivity contribution in [2.75, 3.05) is 20.3 Å². The number of ether oxygens (including phenoxy) is 3. The Bertz CT molecular complexity index is 298. The van der Waals surface area contributed by atoms with Crippen LogP contribution >= 0.6 is 0 Å². The van der Waals surface area contributed by atoms with E-state index in [2.05, 4.69) is 6.92 Å². The number of rotatable bonds is 1. The Balaban J connectivity index is 1.81. The molecule has 0 unspecified atom stereocenters. The molecule has 0 aromatic heterocycles. The zero-order valence-corrected chi connectivity index (χ0v) is 11.7. The van der Waals surface area contributed by atoms with E-state index in [0.717, 1.165) is 26.1 Å². The fraction of sp³-hybridized carbons (Fsp3) is 1.00. The van der Waals surface area contributed by atoms with Crippen LogP contribution in [0.25, 0.3) is 0 Å². The second kappa shape index (κ2) is 4.77. The summed E-state index contributed by atoms with van der Waals surface area (Å²) in [5.74, 6) is 0.448. The van der Waals surface area contributed by atoms with E-state index in [1.807, 2.05) is 7.11 Å². The number of hydrogen-bond donors (Lipinski definition) is 0. The third-order valence-corrected chi connectivity index (χ3v) is 5.64. The number of hydrogen-bond acceptors (Lipinski definition) is 3. The molecule has 3 nitrogen and oxygen atoms in total. The average Bonchev–Trinajstić information content (AvgIpc) is 2.75. The Morgan fingerprint density at radius 3 is 2.50 bits per heavy atom. The van der Waals surface area contributed by atoms with E-state index in [1.165, 1.54) is 32.1 Å². The second-order valence-corrected chi connectivity index (χ2v) is 6.52. The zero-order valence-electron chi connectivity index (χ0n) is 11.7. The molecule has 3 heteroatoms. The highest BCUT2D eigenvalue weighted by Gasteiger charge is 2.53. The van der Waals surface area contributed by atoms with E-state index in [4.69, 9.17) is 14.2 Å². The molecule has 3 fully saturated rings. The Morgan fingerprint density at radius 2 is 1.78 bits per heavy atom. The first-order valence-corrected chi connectivity index (χ1v) is 7.49. The molecular formula is C15H26O3. The van der Waals surface area contributed by atoms with Crippen molar-refractivity contribution in [2.24, 2.45) is 11.3 Å². The monoisotopic (exact) mass is 254 g/mol. The van der Waals surface area contributed by atoms with Crippen molar-refractivity contribution < 1.29 is 14.2 Å². The molecular weight excluding hydrogens is 228 g/mol. The van der Waals surface area contributed by atoms with Gasteiger partial charge in [0.1, 0.15) is 0 Å². The van der Waals surface area contributed by atoms with Gasteiger partial charge in [-0.05, 0) is 30.6 Å². The van der Waals surface area contributed by atoms with E-state index < -0.39 is 0 Å². The standard InChI is InChI=1S/C15H26O3/c1-14-7-8-15(17-9-10-18-15)11-12(14)5-3-4-6-13(14)16-2/h12-13H,3-11H2,1-2H3/t12-,13-,14+/m1/s1.